The Morgan fingerprint density at radius 3 is 2.26 bits per heavy atom. The van der Waals surface area contributed by atoms with E-state index in [1.165, 1.54) is 0 Å². The normalized spacial score (nSPS) is 20.8. The first-order valence-corrected chi connectivity index (χ1v) is 9.09. The van der Waals surface area contributed by atoms with Crippen molar-refractivity contribution in [2.45, 2.75) is 27.8 Å². The van der Waals surface area contributed by atoms with Crippen molar-refractivity contribution in [3.05, 3.63) is 24.0 Å². The van der Waals surface area contributed by atoms with Crippen LogP contribution in [0.15, 0.2) is 28.0 Å². The van der Waals surface area contributed by atoms with Gasteiger partial charge in [-0.05, 0) is 24.6 Å². The zero-order valence-electron chi connectivity index (χ0n) is 11.3. The lowest BCUT2D eigenvalue weighted by molar-refractivity contribution is -0.0437. The zero-order valence-corrected chi connectivity index (χ0v) is 12.9. The number of aliphatic hydroxyl groups is 1. The highest BCUT2D eigenvalue weighted by Crippen LogP contribution is 2.33. The third-order valence-electron chi connectivity index (χ3n) is 3.26. The van der Waals surface area contributed by atoms with Crippen molar-refractivity contribution in [2.75, 3.05) is 13.1 Å². The first-order valence-electron chi connectivity index (χ1n) is 6.16. The molecule has 0 spiro atoms. The van der Waals surface area contributed by atoms with Crippen molar-refractivity contribution in [2.24, 2.45) is 0 Å². The Kier molecular flexibility index (Phi) is 4.47. The molecule has 0 amide bonds. The lowest BCUT2D eigenvalue weighted by Crippen LogP contribution is -2.30. The molecule has 0 bridgehead atoms. The van der Waals surface area contributed by atoms with Gasteiger partial charge in [0, 0.05) is 13.1 Å². The van der Waals surface area contributed by atoms with Gasteiger partial charge in [-0.15, -0.1) is 0 Å². The molecule has 1 fully saturated rings. The second-order valence-electron chi connectivity index (χ2n) is 4.85. The fourth-order valence-corrected chi connectivity index (χ4v) is 4.50. The van der Waals surface area contributed by atoms with Gasteiger partial charge >= 0.3 is 5.51 Å². The van der Waals surface area contributed by atoms with E-state index in [-0.39, 0.29) is 25.6 Å². The van der Waals surface area contributed by atoms with Gasteiger partial charge in [0.15, 0.2) is 0 Å². The molecule has 0 aliphatic carbocycles. The highest BCUT2D eigenvalue weighted by molar-refractivity contribution is 7.92. The Hall–Kier alpha value is -1.24. The van der Waals surface area contributed by atoms with Gasteiger partial charge in [0.1, 0.15) is 10.7 Å². The van der Waals surface area contributed by atoms with Crippen LogP contribution in [0.5, 0.6) is 0 Å². The molecule has 130 valence electrons. The molecular formula is C11H11F4NO5S2. The highest BCUT2D eigenvalue weighted by atomic mass is 32.2. The van der Waals surface area contributed by atoms with E-state index in [1.807, 2.05) is 0 Å². The van der Waals surface area contributed by atoms with Crippen LogP contribution < -0.4 is 0 Å². The molecule has 1 aliphatic rings. The van der Waals surface area contributed by atoms with E-state index in [9.17, 15) is 39.5 Å². The summed E-state index contributed by atoms with van der Waals surface area (Å²) in [7, 11) is -10.4. The van der Waals surface area contributed by atoms with Crippen molar-refractivity contribution in [3.63, 3.8) is 0 Å². The lowest BCUT2D eigenvalue weighted by atomic mass is 10.3. The number of aliphatic hydroxyl groups excluding tert-OH is 1. The van der Waals surface area contributed by atoms with Gasteiger partial charge in [0.2, 0.25) is 10.0 Å². The van der Waals surface area contributed by atoms with Crippen LogP contribution >= 0.6 is 0 Å². The summed E-state index contributed by atoms with van der Waals surface area (Å²) in [5, 5.41) is 9.33. The number of halogens is 4. The van der Waals surface area contributed by atoms with Crippen molar-refractivity contribution >= 4 is 19.9 Å². The summed E-state index contributed by atoms with van der Waals surface area (Å²) in [5.41, 5.74) is -5.76. The highest BCUT2D eigenvalue weighted by Gasteiger charge is 2.48. The van der Waals surface area contributed by atoms with E-state index in [1.54, 1.807) is 0 Å². The minimum absolute atomic E-state index is 0.0811. The predicted molar refractivity (Wildman–Crippen MR) is 69.0 cm³/mol. The van der Waals surface area contributed by atoms with Crippen LogP contribution in [-0.2, 0) is 19.9 Å². The molecule has 1 heterocycles. The molecular weight excluding hydrogens is 366 g/mol. The molecule has 1 aromatic rings. The average Bonchev–Trinajstić information content (AvgIpc) is 2.85. The van der Waals surface area contributed by atoms with Crippen molar-refractivity contribution in [3.8, 4) is 0 Å². The largest absolute Gasteiger partial charge is 0.502 e. The molecule has 1 saturated heterocycles. The van der Waals surface area contributed by atoms with Gasteiger partial charge in [0.05, 0.1) is 11.0 Å². The molecule has 1 aromatic carbocycles. The maximum Gasteiger partial charge on any atom is 0.502 e. The number of rotatable bonds is 3. The SMILES string of the molecule is O=S(=O)(c1ccc(F)c(S(=O)(=O)C(F)(F)F)c1)N1CCC(O)C1. The number of nitrogens with zero attached hydrogens (tertiary/aromatic N) is 1. The third-order valence-corrected chi connectivity index (χ3v) is 6.62. The Morgan fingerprint density at radius 2 is 1.78 bits per heavy atom. The standard InChI is InChI=1S/C11H11F4NO5S2/c12-9-2-1-8(5-10(9)22(18,19)11(13,14)15)23(20,21)16-4-3-7(17)6-16/h1-2,5,7,17H,3-4,6H2. The molecule has 6 nitrogen and oxygen atoms in total. The van der Waals surface area contributed by atoms with Crippen molar-refractivity contribution < 1.29 is 39.5 Å². The predicted octanol–water partition coefficient (Wildman–Crippen LogP) is 0.875. The minimum atomic E-state index is -6.03. The van der Waals surface area contributed by atoms with Crippen LogP contribution in [0.2, 0.25) is 0 Å². The number of alkyl halides is 3. The maximum absolute atomic E-state index is 13.5. The Balaban J connectivity index is 2.54. The monoisotopic (exact) mass is 377 g/mol. The molecule has 1 unspecified atom stereocenters. The number of sulfone groups is 1. The van der Waals surface area contributed by atoms with Crippen LogP contribution in [0.1, 0.15) is 6.42 Å². The van der Waals surface area contributed by atoms with Gasteiger partial charge in [0.25, 0.3) is 9.84 Å². The van der Waals surface area contributed by atoms with Crippen LogP contribution in [0.3, 0.4) is 0 Å². The van der Waals surface area contributed by atoms with Crippen LogP contribution in [0.25, 0.3) is 0 Å². The summed E-state index contributed by atoms with van der Waals surface area (Å²) in [4.78, 5) is -2.55. The minimum Gasteiger partial charge on any atom is -0.392 e. The number of hydrogen-bond acceptors (Lipinski definition) is 5. The van der Waals surface area contributed by atoms with Crippen molar-refractivity contribution in [1.29, 1.82) is 0 Å². The number of β-amino-alcohol motifs (C(OH)–C–C–N with tert-alkyl or cyclic N) is 1. The van der Waals surface area contributed by atoms with Crippen LogP contribution in [-0.4, -0.2) is 50.9 Å². The lowest BCUT2D eigenvalue weighted by Gasteiger charge is -2.17. The second kappa shape index (κ2) is 5.69. The molecule has 0 saturated carbocycles. The van der Waals surface area contributed by atoms with Crippen LogP contribution in [0, 0.1) is 5.82 Å². The fourth-order valence-electron chi connectivity index (χ4n) is 2.05. The van der Waals surface area contributed by atoms with Crippen LogP contribution in [0.4, 0.5) is 17.6 Å². The average molecular weight is 377 g/mol. The Bertz CT molecular complexity index is 819. The molecule has 2 rings (SSSR count). The first kappa shape index (κ1) is 18.1. The molecule has 12 heteroatoms. The summed E-state index contributed by atoms with van der Waals surface area (Å²) in [5.74, 6) is -1.71. The number of benzene rings is 1. The molecule has 0 radical (unpaired) electrons. The maximum atomic E-state index is 13.5. The molecule has 1 aliphatic heterocycles. The smallest absolute Gasteiger partial charge is 0.392 e. The first-order chi connectivity index (χ1) is 10.4. The van der Waals surface area contributed by atoms with Gasteiger partial charge < -0.3 is 5.11 Å². The summed E-state index contributed by atoms with van der Waals surface area (Å²) in [6.45, 7) is -0.358. The van der Waals surface area contributed by atoms with E-state index >= 15 is 0 Å². The number of hydrogen-bond donors (Lipinski definition) is 1. The van der Waals surface area contributed by atoms with Gasteiger partial charge in [-0.1, -0.05) is 0 Å². The van der Waals surface area contributed by atoms with Gasteiger partial charge in [-0.25, -0.2) is 21.2 Å². The quantitative estimate of drug-likeness (QED) is 0.790. The molecule has 1 N–H and O–H groups in total. The van der Waals surface area contributed by atoms with E-state index in [2.05, 4.69) is 0 Å². The molecule has 23 heavy (non-hydrogen) atoms. The van der Waals surface area contributed by atoms with Crippen molar-refractivity contribution in [1.82, 2.24) is 4.31 Å². The van der Waals surface area contributed by atoms with E-state index < -0.39 is 47.1 Å². The second-order valence-corrected chi connectivity index (χ2v) is 8.69. The van der Waals surface area contributed by atoms with Gasteiger partial charge in [-0.3, -0.25) is 0 Å². The summed E-state index contributed by atoms with van der Waals surface area (Å²) < 4.78 is 99.0. The van der Waals surface area contributed by atoms with E-state index in [0.717, 1.165) is 4.31 Å². The van der Waals surface area contributed by atoms with E-state index in [4.69, 9.17) is 0 Å². The third kappa shape index (κ3) is 3.20. The Morgan fingerprint density at radius 1 is 1.17 bits per heavy atom. The summed E-state index contributed by atoms with van der Waals surface area (Å²) in [6, 6.07) is 1.15. The Labute approximate surface area is 129 Å². The van der Waals surface area contributed by atoms with E-state index in [0.29, 0.717) is 12.1 Å². The fraction of sp³-hybridized carbons (Fsp3) is 0.455. The zero-order chi connectivity index (χ0) is 17.6. The summed E-state index contributed by atoms with van der Waals surface area (Å²) >= 11 is 0. The summed E-state index contributed by atoms with van der Waals surface area (Å²) in [6.07, 6.45) is -0.794. The van der Waals surface area contributed by atoms with Gasteiger partial charge in [-0.2, -0.15) is 17.5 Å². The topological polar surface area (TPSA) is 91.8 Å². The molecule has 1 atom stereocenters. The molecule has 0 aromatic heterocycles. The number of sulfonamides is 1.